The van der Waals surface area contributed by atoms with Crippen molar-refractivity contribution in [3.8, 4) is 0 Å². The molecule has 0 amide bonds. The van der Waals surface area contributed by atoms with Crippen molar-refractivity contribution in [1.82, 2.24) is 0 Å². The zero-order chi connectivity index (χ0) is 6.53. The zero-order valence-electron chi connectivity index (χ0n) is 4.80. The van der Waals surface area contributed by atoms with Crippen molar-refractivity contribution in [3.05, 3.63) is 35.9 Å². The molecule has 0 nitrogen and oxygen atoms in total. The van der Waals surface area contributed by atoms with Gasteiger partial charge in [0.1, 0.15) is 0 Å². The molecule has 1 heteroatoms. The van der Waals surface area contributed by atoms with E-state index in [1.165, 1.54) is 5.56 Å². The van der Waals surface area contributed by atoms with Gasteiger partial charge in [0, 0.05) is 0 Å². The Morgan fingerprint density at radius 1 is 1.22 bits per heavy atom. The fourth-order valence-corrected chi connectivity index (χ4v) is 0.878. The van der Waals surface area contributed by atoms with E-state index in [1.807, 2.05) is 36.4 Å². The van der Waals surface area contributed by atoms with Crippen molar-refractivity contribution in [2.45, 2.75) is 0 Å². The van der Waals surface area contributed by atoms with Gasteiger partial charge in [0.05, 0.1) is 0 Å². The monoisotopic (exact) mass is 205 g/mol. The molecule has 0 unspecified atom stereocenters. The Balaban J connectivity index is 2.97. The van der Waals surface area contributed by atoms with Gasteiger partial charge in [-0.2, -0.15) is 0 Å². The van der Waals surface area contributed by atoms with Crippen LogP contribution >= 0.6 is 0 Å². The summed E-state index contributed by atoms with van der Waals surface area (Å²) in [5.41, 5.74) is 1.18. The van der Waals surface area contributed by atoms with E-state index >= 15 is 0 Å². The van der Waals surface area contributed by atoms with Crippen LogP contribution in [0.3, 0.4) is 0 Å². The molecule has 1 rings (SSSR count). The van der Waals surface area contributed by atoms with Crippen molar-refractivity contribution in [2.24, 2.45) is 0 Å². The summed E-state index contributed by atoms with van der Waals surface area (Å²) in [6.45, 7) is 0. The number of hydrogen-bond acceptors (Lipinski definition) is 0. The predicted molar refractivity (Wildman–Crippen MR) is 35.9 cm³/mol. The van der Waals surface area contributed by atoms with Crippen molar-refractivity contribution in [1.29, 1.82) is 0 Å². The Labute approximate surface area is 64.4 Å². The average Bonchev–Trinajstić information content (AvgIpc) is 1.91. The van der Waals surface area contributed by atoms with Crippen LogP contribution in [0.2, 0.25) is 0 Å². The van der Waals surface area contributed by atoms with Gasteiger partial charge >= 0.3 is 64.1 Å². The molecule has 0 aliphatic heterocycles. The van der Waals surface area contributed by atoms with E-state index in [9.17, 15) is 0 Å². The minimum absolute atomic E-state index is 1.18. The Kier molecular flexibility index (Phi) is 2.58. The third kappa shape index (κ3) is 2.05. The molecule has 0 spiro atoms. The fraction of sp³-hybridized carbons (Fsp3) is 0. The van der Waals surface area contributed by atoms with Crippen molar-refractivity contribution in [2.75, 3.05) is 0 Å². The third-order valence-corrected chi connectivity index (χ3v) is 1.25. The van der Waals surface area contributed by atoms with Crippen LogP contribution in [0.25, 0.3) is 6.08 Å². The first-order valence-corrected chi connectivity index (χ1v) is 3.47. The minimum atomic E-state index is 1.18. The van der Waals surface area contributed by atoms with Gasteiger partial charge in [0.15, 0.2) is 0 Å². The van der Waals surface area contributed by atoms with Gasteiger partial charge in [-0.1, -0.05) is 0 Å². The summed E-state index contributed by atoms with van der Waals surface area (Å²) in [6, 6.07) is 10.1. The first-order chi connectivity index (χ1) is 4.43. The van der Waals surface area contributed by atoms with Gasteiger partial charge in [0.25, 0.3) is 0 Å². The van der Waals surface area contributed by atoms with E-state index in [4.69, 9.17) is 0 Å². The molecule has 1 aromatic rings. The van der Waals surface area contributed by atoms with E-state index in [0.29, 0.717) is 0 Å². The number of benzene rings is 1. The Bertz CT molecular complexity index is 220. The summed E-state index contributed by atoms with van der Waals surface area (Å²) in [4.78, 5) is 0. The van der Waals surface area contributed by atoms with Gasteiger partial charge in [0.2, 0.25) is 0 Å². The summed E-state index contributed by atoms with van der Waals surface area (Å²) in [7, 11) is 0. The van der Waals surface area contributed by atoms with Crippen LogP contribution in [0.4, 0.5) is 0 Å². The molecule has 0 saturated heterocycles. The first kappa shape index (κ1) is 6.61. The summed E-state index contributed by atoms with van der Waals surface area (Å²) < 4.78 is 2.85. The van der Waals surface area contributed by atoms with Crippen LogP contribution < -0.4 is 0 Å². The third-order valence-electron chi connectivity index (χ3n) is 1.01. The fourth-order valence-electron chi connectivity index (χ4n) is 0.605. The molecule has 0 aromatic heterocycles. The van der Waals surface area contributed by atoms with E-state index in [2.05, 4.69) is 22.1 Å². The summed E-state index contributed by atoms with van der Waals surface area (Å²) in [6.07, 6.45) is 1.91. The quantitative estimate of drug-likeness (QED) is 0.611. The normalized spacial score (nSPS) is 8.11. The molecular weight excluding hydrogens is 199 g/mol. The second-order valence-corrected chi connectivity index (χ2v) is 2.12. The molecule has 0 radical (unpaired) electrons. The van der Waals surface area contributed by atoms with Gasteiger partial charge in [-0.15, -0.1) is 0 Å². The summed E-state index contributed by atoms with van der Waals surface area (Å²) >= 11 is 2.59. The molecule has 0 aliphatic rings. The van der Waals surface area contributed by atoms with Crippen molar-refractivity contribution >= 4 is 10.3 Å². The molecule has 0 N–H and O–H groups in total. The van der Waals surface area contributed by atoms with Crippen molar-refractivity contribution in [3.63, 3.8) is 0 Å². The predicted octanol–water partition coefficient (Wildman–Crippen LogP) is 1.65. The first-order valence-electron chi connectivity index (χ1n) is 2.65. The van der Waals surface area contributed by atoms with E-state index in [0.717, 1.165) is 0 Å². The second-order valence-electron chi connectivity index (χ2n) is 1.65. The Hall–Kier alpha value is -0.507. The molecule has 47 valence electrons. The van der Waals surface area contributed by atoms with Crippen LogP contribution in [0.1, 0.15) is 5.56 Å². The topological polar surface area (TPSA) is 0 Å². The molecule has 0 bridgehead atoms. The molecular formula is C8H6Rh. The standard InChI is InChI=1S/C8H6.Rh/c1-2-8-6-4-3-5-7-8;/h2-7H;. The molecule has 0 atom stereocenters. The van der Waals surface area contributed by atoms with Crippen LogP contribution in [-0.2, 0) is 17.9 Å². The number of hydrogen-bond donors (Lipinski definition) is 0. The SMILES string of the molecule is [Rh]=[C]=Cc1ccccc1. The molecule has 0 fully saturated rings. The number of rotatable bonds is 1. The average molecular weight is 205 g/mol. The molecule has 0 saturated carbocycles. The van der Waals surface area contributed by atoms with Crippen LogP contribution in [-0.4, -0.2) is 4.26 Å². The second kappa shape index (κ2) is 3.51. The van der Waals surface area contributed by atoms with Gasteiger partial charge < -0.3 is 0 Å². The summed E-state index contributed by atoms with van der Waals surface area (Å²) in [5.74, 6) is 0. The van der Waals surface area contributed by atoms with Gasteiger partial charge in [-0.3, -0.25) is 0 Å². The van der Waals surface area contributed by atoms with Crippen molar-refractivity contribution < 1.29 is 17.9 Å². The van der Waals surface area contributed by atoms with Crippen LogP contribution in [0.5, 0.6) is 0 Å². The molecule has 0 heterocycles. The molecule has 0 aliphatic carbocycles. The summed E-state index contributed by atoms with van der Waals surface area (Å²) in [5, 5.41) is 0. The molecule has 1 aromatic carbocycles. The Morgan fingerprint density at radius 2 is 1.89 bits per heavy atom. The zero-order valence-corrected chi connectivity index (χ0v) is 6.44. The van der Waals surface area contributed by atoms with Crippen LogP contribution in [0, 0.1) is 0 Å². The van der Waals surface area contributed by atoms with Gasteiger partial charge in [-0.05, 0) is 0 Å². The van der Waals surface area contributed by atoms with E-state index < -0.39 is 0 Å². The van der Waals surface area contributed by atoms with E-state index in [-0.39, 0.29) is 0 Å². The molecule has 9 heavy (non-hydrogen) atoms. The Morgan fingerprint density at radius 3 is 2.44 bits per heavy atom. The van der Waals surface area contributed by atoms with E-state index in [1.54, 1.807) is 0 Å². The maximum atomic E-state index is 2.85. The maximum absolute atomic E-state index is 2.85. The van der Waals surface area contributed by atoms with Crippen LogP contribution in [0.15, 0.2) is 30.3 Å². The van der Waals surface area contributed by atoms with Gasteiger partial charge in [-0.25, -0.2) is 0 Å².